The SMILES string of the molecule is CCOC(=O)c1nc(-c2ccc(F)cn2)sc1N1CCOCC1. The lowest BCUT2D eigenvalue weighted by molar-refractivity contribution is 0.0520. The van der Waals surface area contributed by atoms with Gasteiger partial charge in [0.1, 0.15) is 15.8 Å². The highest BCUT2D eigenvalue weighted by Gasteiger charge is 2.25. The highest BCUT2D eigenvalue weighted by atomic mass is 32.1. The van der Waals surface area contributed by atoms with Crippen LogP contribution < -0.4 is 4.90 Å². The lowest BCUT2D eigenvalue weighted by Crippen LogP contribution is -2.36. The Labute approximate surface area is 136 Å². The van der Waals surface area contributed by atoms with Crippen molar-refractivity contribution in [2.24, 2.45) is 0 Å². The molecule has 0 aliphatic carbocycles. The third-order valence-corrected chi connectivity index (χ3v) is 4.46. The zero-order chi connectivity index (χ0) is 16.2. The Bertz CT molecular complexity index is 684. The van der Waals surface area contributed by atoms with Crippen molar-refractivity contribution in [1.82, 2.24) is 9.97 Å². The molecule has 0 spiro atoms. The van der Waals surface area contributed by atoms with Gasteiger partial charge in [0, 0.05) is 13.1 Å². The van der Waals surface area contributed by atoms with Crippen molar-refractivity contribution in [3.05, 3.63) is 29.8 Å². The number of halogens is 1. The standard InChI is InChI=1S/C15H16FN3O3S/c1-2-22-15(20)12-14(19-5-7-21-8-6-19)23-13(18-12)11-4-3-10(16)9-17-11/h3-4,9H,2,5-8H2,1H3. The molecular weight excluding hydrogens is 321 g/mol. The summed E-state index contributed by atoms with van der Waals surface area (Å²) >= 11 is 1.35. The number of hydrogen-bond donors (Lipinski definition) is 0. The quantitative estimate of drug-likeness (QED) is 0.798. The van der Waals surface area contributed by atoms with E-state index in [9.17, 15) is 9.18 Å². The number of esters is 1. The summed E-state index contributed by atoms with van der Waals surface area (Å²) in [7, 11) is 0. The van der Waals surface area contributed by atoms with Gasteiger partial charge >= 0.3 is 5.97 Å². The van der Waals surface area contributed by atoms with Gasteiger partial charge in [-0.3, -0.25) is 4.98 Å². The van der Waals surface area contributed by atoms with Gasteiger partial charge in [-0.05, 0) is 19.1 Å². The monoisotopic (exact) mass is 337 g/mol. The van der Waals surface area contributed by atoms with Crippen LogP contribution in [0.2, 0.25) is 0 Å². The average molecular weight is 337 g/mol. The Kier molecular flexibility index (Phi) is 4.82. The van der Waals surface area contributed by atoms with E-state index in [1.165, 1.54) is 17.4 Å². The van der Waals surface area contributed by atoms with Gasteiger partial charge in [0.05, 0.1) is 31.7 Å². The van der Waals surface area contributed by atoms with Crippen LogP contribution in [-0.4, -0.2) is 48.8 Å². The molecule has 2 aromatic rings. The molecule has 0 amide bonds. The molecule has 1 aliphatic heterocycles. The minimum atomic E-state index is -0.460. The lowest BCUT2D eigenvalue weighted by atomic mass is 10.3. The molecule has 0 unspecified atom stereocenters. The van der Waals surface area contributed by atoms with Crippen LogP contribution in [0.4, 0.5) is 9.39 Å². The van der Waals surface area contributed by atoms with Crippen molar-refractivity contribution < 1.29 is 18.7 Å². The fourth-order valence-electron chi connectivity index (χ4n) is 2.24. The first-order valence-corrected chi connectivity index (χ1v) is 8.13. The van der Waals surface area contributed by atoms with E-state index in [2.05, 4.69) is 14.9 Å². The number of rotatable bonds is 4. The van der Waals surface area contributed by atoms with Crippen LogP contribution in [0.1, 0.15) is 17.4 Å². The zero-order valence-corrected chi connectivity index (χ0v) is 13.4. The molecule has 3 heterocycles. The van der Waals surface area contributed by atoms with E-state index in [0.29, 0.717) is 37.0 Å². The summed E-state index contributed by atoms with van der Waals surface area (Å²) in [6.07, 6.45) is 1.13. The first kappa shape index (κ1) is 15.8. The zero-order valence-electron chi connectivity index (χ0n) is 12.6. The van der Waals surface area contributed by atoms with E-state index in [0.717, 1.165) is 11.2 Å². The van der Waals surface area contributed by atoms with Crippen LogP contribution in [-0.2, 0) is 9.47 Å². The Morgan fingerprint density at radius 2 is 2.22 bits per heavy atom. The number of ether oxygens (including phenoxy) is 2. The highest BCUT2D eigenvalue weighted by molar-refractivity contribution is 7.19. The molecule has 0 atom stereocenters. The summed E-state index contributed by atoms with van der Waals surface area (Å²) in [5.41, 5.74) is 0.807. The van der Waals surface area contributed by atoms with Crippen molar-refractivity contribution in [2.45, 2.75) is 6.92 Å². The van der Waals surface area contributed by atoms with Crippen LogP contribution in [0.15, 0.2) is 18.3 Å². The Morgan fingerprint density at radius 1 is 1.43 bits per heavy atom. The van der Waals surface area contributed by atoms with Crippen molar-refractivity contribution in [3.8, 4) is 10.7 Å². The molecule has 6 nitrogen and oxygen atoms in total. The van der Waals surface area contributed by atoms with Gasteiger partial charge in [-0.1, -0.05) is 11.3 Å². The number of thiazole rings is 1. The number of anilines is 1. The van der Waals surface area contributed by atoms with Gasteiger partial charge in [0.15, 0.2) is 5.69 Å². The molecule has 8 heteroatoms. The van der Waals surface area contributed by atoms with E-state index in [-0.39, 0.29) is 12.3 Å². The molecule has 3 rings (SSSR count). The van der Waals surface area contributed by atoms with Gasteiger partial charge in [-0.25, -0.2) is 14.2 Å². The first-order chi connectivity index (χ1) is 11.2. The van der Waals surface area contributed by atoms with Gasteiger partial charge in [0.2, 0.25) is 0 Å². The average Bonchev–Trinajstić information content (AvgIpc) is 3.02. The number of hydrogen-bond acceptors (Lipinski definition) is 7. The van der Waals surface area contributed by atoms with Crippen LogP contribution in [0, 0.1) is 5.82 Å². The van der Waals surface area contributed by atoms with E-state index in [1.807, 2.05) is 0 Å². The Morgan fingerprint density at radius 3 is 2.87 bits per heavy atom. The fourth-order valence-corrected chi connectivity index (χ4v) is 3.32. The summed E-state index contributed by atoms with van der Waals surface area (Å²) in [4.78, 5) is 22.7. The number of pyridine rings is 1. The molecule has 1 fully saturated rings. The second-order valence-corrected chi connectivity index (χ2v) is 5.83. The number of nitrogens with zero attached hydrogens (tertiary/aromatic N) is 3. The van der Waals surface area contributed by atoms with Gasteiger partial charge in [0.25, 0.3) is 0 Å². The van der Waals surface area contributed by atoms with E-state index < -0.39 is 11.8 Å². The van der Waals surface area contributed by atoms with Crippen molar-refractivity contribution in [1.29, 1.82) is 0 Å². The summed E-state index contributed by atoms with van der Waals surface area (Å²) in [6.45, 7) is 4.61. The van der Waals surface area contributed by atoms with Crippen LogP contribution in [0.5, 0.6) is 0 Å². The summed E-state index contributed by atoms with van der Waals surface area (Å²) in [5, 5.41) is 1.31. The van der Waals surface area contributed by atoms with Gasteiger partial charge in [-0.15, -0.1) is 0 Å². The molecular formula is C15H16FN3O3S. The van der Waals surface area contributed by atoms with Crippen molar-refractivity contribution in [3.63, 3.8) is 0 Å². The predicted octanol–water partition coefficient (Wildman–Crippen LogP) is 2.36. The number of aromatic nitrogens is 2. The lowest BCUT2D eigenvalue weighted by Gasteiger charge is -2.27. The number of carbonyl (C=O) groups is 1. The molecule has 0 aromatic carbocycles. The molecule has 1 aliphatic rings. The second-order valence-electron chi connectivity index (χ2n) is 4.85. The first-order valence-electron chi connectivity index (χ1n) is 7.31. The minimum Gasteiger partial charge on any atom is -0.461 e. The topological polar surface area (TPSA) is 64.5 Å². The maximum Gasteiger partial charge on any atom is 0.360 e. The fraction of sp³-hybridized carbons (Fsp3) is 0.400. The van der Waals surface area contributed by atoms with E-state index >= 15 is 0 Å². The van der Waals surface area contributed by atoms with Gasteiger partial charge in [-0.2, -0.15) is 0 Å². The van der Waals surface area contributed by atoms with Crippen LogP contribution >= 0.6 is 11.3 Å². The molecule has 1 saturated heterocycles. The summed E-state index contributed by atoms with van der Waals surface area (Å²) < 4.78 is 23.5. The molecule has 23 heavy (non-hydrogen) atoms. The molecule has 0 radical (unpaired) electrons. The van der Waals surface area contributed by atoms with Crippen LogP contribution in [0.25, 0.3) is 10.7 Å². The number of carbonyl (C=O) groups excluding carboxylic acids is 1. The van der Waals surface area contributed by atoms with Crippen LogP contribution in [0.3, 0.4) is 0 Å². The van der Waals surface area contributed by atoms with E-state index in [4.69, 9.17) is 9.47 Å². The van der Waals surface area contributed by atoms with Gasteiger partial charge < -0.3 is 14.4 Å². The third-order valence-electron chi connectivity index (χ3n) is 3.32. The normalized spacial score (nSPS) is 14.8. The summed E-state index contributed by atoms with van der Waals surface area (Å²) in [5.74, 6) is -0.872. The number of morpholine rings is 1. The second kappa shape index (κ2) is 7.01. The maximum atomic E-state index is 13.0. The molecule has 0 saturated carbocycles. The molecule has 0 N–H and O–H groups in total. The molecule has 122 valence electrons. The molecule has 2 aromatic heterocycles. The van der Waals surface area contributed by atoms with E-state index in [1.54, 1.807) is 13.0 Å². The van der Waals surface area contributed by atoms with Crippen molar-refractivity contribution in [2.75, 3.05) is 37.8 Å². The minimum absolute atomic E-state index is 0.278. The van der Waals surface area contributed by atoms with Crippen molar-refractivity contribution >= 4 is 22.3 Å². The third kappa shape index (κ3) is 3.48. The highest BCUT2D eigenvalue weighted by Crippen LogP contribution is 2.35. The predicted molar refractivity (Wildman–Crippen MR) is 84.3 cm³/mol. The molecule has 0 bridgehead atoms. The Balaban J connectivity index is 1.98. The largest absolute Gasteiger partial charge is 0.461 e. The maximum absolute atomic E-state index is 13.0. The Hall–Kier alpha value is -2.06. The smallest absolute Gasteiger partial charge is 0.360 e. The summed E-state index contributed by atoms with van der Waals surface area (Å²) in [6, 6.07) is 2.87.